The molecule has 0 amide bonds. The van der Waals surface area contributed by atoms with Crippen LogP contribution < -0.4 is 5.32 Å². The van der Waals surface area contributed by atoms with Gasteiger partial charge in [-0.25, -0.2) is 0 Å². The van der Waals surface area contributed by atoms with Crippen LogP contribution in [0.15, 0.2) is 23.8 Å². The molecule has 1 aliphatic rings. The molecule has 6 heteroatoms. The number of pyridine rings is 1. The predicted molar refractivity (Wildman–Crippen MR) is 87.6 cm³/mol. The Balaban J connectivity index is 2.26. The number of hydrogen-bond acceptors (Lipinski definition) is 5. The van der Waals surface area contributed by atoms with E-state index < -0.39 is 7.12 Å². The summed E-state index contributed by atoms with van der Waals surface area (Å²) in [7, 11) is 1.48. The van der Waals surface area contributed by atoms with Crippen LogP contribution in [0.1, 0.15) is 43.7 Å². The maximum atomic E-state index is 10.7. The molecule has 2 rings (SSSR count). The molecule has 1 aliphatic heterocycles. The van der Waals surface area contributed by atoms with Crippen LogP contribution in [-0.2, 0) is 9.31 Å². The molecule has 0 spiro atoms. The highest BCUT2D eigenvalue weighted by Gasteiger charge is 2.52. The second kappa shape index (κ2) is 6.32. The van der Waals surface area contributed by atoms with Gasteiger partial charge in [0.2, 0.25) is 0 Å². The molecule has 0 aliphatic carbocycles. The minimum Gasteiger partial charge on any atom is -0.400 e. The van der Waals surface area contributed by atoms with Crippen molar-refractivity contribution >= 4 is 19.5 Å². The highest BCUT2D eigenvalue weighted by Crippen LogP contribution is 2.38. The SMILES string of the molecule is CNCC(=Cc1ccc(C=O)nc1)B1OC(C)(C)C(C)(C)O1. The normalized spacial score (nSPS) is 20.2. The van der Waals surface area contributed by atoms with Crippen LogP contribution in [0.3, 0.4) is 0 Å². The Morgan fingerprint density at radius 3 is 2.36 bits per heavy atom. The minimum atomic E-state index is -0.400. The molecule has 0 atom stereocenters. The van der Waals surface area contributed by atoms with Crippen molar-refractivity contribution in [3.63, 3.8) is 0 Å². The summed E-state index contributed by atoms with van der Waals surface area (Å²) in [6, 6.07) is 3.55. The molecule has 2 heterocycles. The molecule has 0 bridgehead atoms. The maximum Gasteiger partial charge on any atom is 0.491 e. The molecule has 0 radical (unpaired) electrons. The van der Waals surface area contributed by atoms with Gasteiger partial charge in [-0.1, -0.05) is 12.1 Å². The highest BCUT2D eigenvalue weighted by atomic mass is 16.7. The first kappa shape index (κ1) is 16.9. The molecular formula is C16H23BN2O3. The van der Waals surface area contributed by atoms with Crippen molar-refractivity contribution in [3.05, 3.63) is 35.1 Å². The molecule has 0 saturated carbocycles. The van der Waals surface area contributed by atoms with Gasteiger partial charge in [0, 0.05) is 12.7 Å². The summed E-state index contributed by atoms with van der Waals surface area (Å²) >= 11 is 0. The molecule has 22 heavy (non-hydrogen) atoms. The van der Waals surface area contributed by atoms with Crippen molar-refractivity contribution in [2.45, 2.75) is 38.9 Å². The number of carbonyl (C=O) groups is 1. The fourth-order valence-electron chi connectivity index (χ4n) is 2.19. The second-order valence-electron chi connectivity index (χ2n) is 6.47. The summed E-state index contributed by atoms with van der Waals surface area (Å²) in [5, 5.41) is 3.14. The van der Waals surface area contributed by atoms with Crippen molar-refractivity contribution in [2.75, 3.05) is 13.6 Å². The Morgan fingerprint density at radius 2 is 1.91 bits per heavy atom. The Labute approximate surface area is 132 Å². The number of nitrogens with zero attached hydrogens (tertiary/aromatic N) is 1. The quantitative estimate of drug-likeness (QED) is 0.667. The van der Waals surface area contributed by atoms with Gasteiger partial charge in [-0.15, -0.1) is 0 Å². The topological polar surface area (TPSA) is 60.5 Å². The van der Waals surface area contributed by atoms with Gasteiger partial charge >= 0.3 is 7.12 Å². The number of aldehydes is 1. The lowest BCUT2D eigenvalue weighted by molar-refractivity contribution is 0.00578. The van der Waals surface area contributed by atoms with E-state index in [4.69, 9.17) is 9.31 Å². The lowest BCUT2D eigenvalue weighted by Crippen LogP contribution is -2.41. The van der Waals surface area contributed by atoms with Gasteiger partial charge in [0.25, 0.3) is 0 Å². The summed E-state index contributed by atoms with van der Waals surface area (Å²) < 4.78 is 12.2. The predicted octanol–water partition coefficient (Wildman–Crippen LogP) is 2.13. The summed E-state index contributed by atoms with van der Waals surface area (Å²) in [5.74, 6) is 0. The van der Waals surface area contributed by atoms with E-state index in [2.05, 4.69) is 10.3 Å². The smallest absolute Gasteiger partial charge is 0.400 e. The van der Waals surface area contributed by atoms with Gasteiger partial charge in [0.15, 0.2) is 6.29 Å². The zero-order chi connectivity index (χ0) is 16.4. The molecule has 1 aromatic rings. The number of likely N-dealkylation sites (N-methyl/N-ethyl adjacent to an activating group) is 1. The van der Waals surface area contributed by atoms with Crippen molar-refractivity contribution in [2.24, 2.45) is 0 Å². The number of hydrogen-bond donors (Lipinski definition) is 1. The third kappa shape index (κ3) is 3.46. The standard InChI is InChI=1S/C16H23BN2O3/c1-15(2)16(3,4)22-17(21-15)13(10-18-5)8-12-6-7-14(11-20)19-9-12/h6-9,11,18H,10H2,1-5H3. The van der Waals surface area contributed by atoms with E-state index in [0.717, 1.165) is 17.3 Å². The van der Waals surface area contributed by atoms with Crippen LogP contribution in [0.2, 0.25) is 0 Å². The highest BCUT2D eigenvalue weighted by molar-refractivity contribution is 6.55. The minimum absolute atomic E-state index is 0.371. The van der Waals surface area contributed by atoms with E-state index in [9.17, 15) is 4.79 Å². The van der Waals surface area contributed by atoms with E-state index in [1.165, 1.54) is 0 Å². The molecule has 0 aromatic carbocycles. The van der Waals surface area contributed by atoms with E-state index in [1.807, 2.05) is 46.9 Å². The van der Waals surface area contributed by atoms with Crippen molar-refractivity contribution in [1.82, 2.24) is 10.3 Å². The fraction of sp³-hybridized carbons (Fsp3) is 0.500. The number of carbonyl (C=O) groups excluding carboxylic acids is 1. The van der Waals surface area contributed by atoms with Gasteiger partial charge in [0.05, 0.1) is 11.2 Å². The molecule has 1 saturated heterocycles. The zero-order valence-electron chi connectivity index (χ0n) is 13.8. The first-order valence-corrected chi connectivity index (χ1v) is 7.41. The number of nitrogens with one attached hydrogen (secondary N) is 1. The van der Waals surface area contributed by atoms with Gasteiger partial charge in [-0.05, 0) is 51.8 Å². The fourth-order valence-corrected chi connectivity index (χ4v) is 2.19. The van der Waals surface area contributed by atoms with Crippen LogP contribution in [0.5, 0.6) is 0 Å². The van der Waals surface area contributed by atoms with Crippen LogP contribution >= 0.6 is 0 Å². The monoisotopic (exact) mass is 302 g/mol. The summed E-state index contributed by atoms with van der Waals surface area (Å²) in [6.45, 7) is 8.77. The maximum absolute atomic E-state index is 10.7. The molecule has 118 valence electrons. The number of aromatic nitrogens is 1. The summed E-state index contributed by atoms with van der Waals surface area (Å²) in [6.07, 6.45) is 4.39. The molecule has 1 fully saturated rings. The first-order chi connectivity index (χ1) is 10.3. The van der Waals surface area contributed by atoms with Crippen LogP contribution in [0.25, 0.3) is 6.08 Å². The van der Waals surface area contributed by atoms with Crippen LogP contribution in [0.4, 0.5) is 0 Å². The van der Waals surface area contributed by atoms with Crippen LogP contribution in [-0.4, -0.2) is 43.2 Å². The third-order valence-electron chi connectivity index (χ3n) is 4.22. The Kier molecular flexibility index (Phi) is 4.85. The molecule has 0 unspecified atom stereocenters. The van der Waals surface area contributed by atoms with E-state index in [1.54, 1.807) is 12.3 Å². The van der Waals surface area contributed by atoms with Crippen molar-refractivity contribution in [3.8, 4) is 0 Å². The molecule has 5 nitrogen and oxygen atoms in total. The molecular weight excluding hydrogens is 279 g/mol. The van der Waals surface area contributed by atoms with Gasteiger partial charge < -0.3 is 14.6 Å². The van der Waals surface area contributed by atoms with Crippen LogP contribution in [0, 0.1) is 0 Å². The van der Waals surface area contributed by atoms with Crippen molar-refractivity contribution in [1.29, 1.82) is 0 Å². The largest absolute Gasteiger partial charge is 0.491 e. The molecule has 1 N–H and O–H groups in total. The van der Waals surface area contributed by atoms with E-state index >= 15 is 0 Å². The first-order valence-electron chi connectivity index (χ1n) is 7.41. The van der Waals surface area contributed by atoms with Gasteiger partial charge in [-0.2, -0.15) is 0 Å². The van der Waals surface area contributed by atoms with Gasteiger partial charge in [0.1, 0.15) is 5.69 Å². The summed E-state index contributed by atoms with van der Waals surface area (Å²) in [5.41, 5.74) is 1.57. The Bertz CT molecular complexity index is 551. The lowest BCUT2D eigenvalue weighted by atomic mass is 9.77. The van der Waals surface area contributed by atoms with Gasteiger partial charge in [-0.3, -0.25) is 9.78 Å². The second-order valence-corrected chi connectivity index (χ2v) is 6.47. The number of rotatable bonds is 5. The third-order valence-corrected chi connectivity index (χ3v) is 4.22. The van der Waals surface area contributed by atoms with E-state index in [-0.39, 0.29) is 11.2 Å². The average Bonchev–Trinajstić information content (AvgIpc) is 2.68. The Morgan fingerprint density at radius 1 is 1.27 bits per heavy atom. The molecule has 1 aromatic heterocycles. The Hall–Kier alpha value is -1.50. The van der Waals surface area contributed by atoms with Crippen molar-refractivity contribution < 1.29 is 14.1 Å². The zero-order valence-corrected chi connectivity index (χ0v) is 13.8. The summed E-state index contributed by atoms with van der Waals surface area (Å²) in [4.78, 5) is 14.7. The lowest BCUT2D eigenvalue weighted by Gasteiger charge is -2.32. The average molecular weight is 302 g/mol. The van der Waals surface area contributed by atoms with E-state index in [0.29, 0.717) is 12.2 Å².